The molecule has 2 aromatic carbocycles. The third kappa shape index (κ3) is 7.79. The van der Waals surface area contributed by atoms with E-state index < -0.39 is 0 Å². The molecule has 0 spiro atoms. The van der Waals surface area contributed by atoms with Gasteiger partial charge in [-0.2, -0.15) is 0 Å². The third-order valence-electron chi connectivity index (χ3n) is 3.99. The summed E-state index contributed by atoms with van der Waals surface area (Å²) in [5, 5.41) is 4.67. The summed E-state index contributed by atoms with van der Waals surface area (Å²) in [5.74, 6) is 1.22. The van der Waals surface area contributed by atoms with Gasteiger partial charge in [0.1, 0.15) is 6.61 Å². The van der Waals surface area contributed by atoms with Gasteiger partial charge in [0.25, 0.3) is 0 Å². The maximum absolute atomic E-state index is 6.47. The molecule has 3 nitrogen and oxygen atoms in total. The molecular formula is C21H28Cl3NO2. The fourth-order valence-electron chi connectivity index (χ4n) is 2.62. The minimum atomic E-state index is 0. The van der Waals surface area contributed by atoms with Crippen LogP contribution in [0, 0.1) is 0 Å². The Balaban J connectivity index is 0.00000364. The smallest absolute Gasteiger partial charge is 0.180 e. The van der Waals surface area contributed by atoms with E-state index >= 15 is 0 Å². The van der Waals surface area contributed by atoms with Gasteiger partial charge < -0.3 is 14.8 Å². The molecule has 0 fully saturated rings. The van der Waals surface area contributed by atoms with Crippen LogP contribution in [0.5, 0.6) is 11.5 Å². The average molecular weight is 433 g/mol. The second kappa shape index (κ2) is 13.1. The topological polar surface area (TPSA) is 30.5 Å². The molecule has 6 heteroatoms. The number of unbranched alkanes of at least 4 members (excludes halogenated alkanes) is 2. The minimum absolute atomic E-state index is 0. The minimum Gasteiger partial charge on any atom is -0.490 e. The van der Waals surface area contributed by atoms with Crippen molar-refractivity contribution >= 4 is 35.6 Å². The quantitative estimate of drug-likeness (QED) is 0.402. The number of rotatable bonds is 11. The van der Waals surface area contributed by atoms with Gasteiger partial charge in [-0.1, -0.05) is 61.2 Å². The van der Waals surface area contributed by atoms with Gasteiger partial charge in [-0.15, -0.1) is 12.4 Å². The molecule has 0 aliphatic carbocycles. The van der Waals surface area contributed by atoms with Crippen molar-refractivity contribution < 1.29 is 9.47 Å². The van der Waals surface area contributed by atoms with Crippen LogP contribution >= 0.6 is 35.6 Å². The molecule has 2 aromatic rings. The SMILES string of the molecule is CCCCCNCc1cc(Cl)c(OCc2ccccc2Cl)c(OCC)c1.Cl. The van der Waals surface area contributed by atoms with Crippen LogP contribution in [-0.2, 0) is 13.2 Å². The second-order valence-electron chi connectivity index (χ2n) is 6.10. The third-order valence-corrected chi connectivity index (χ3v) is 4.63. The maximum atomic E-state index is 6.47. The maximum Gasteiger partial charge on any atom is 0.180 e. The van der Waals surface area contributed by atoms with Gasteiger partial charge in [-0.3, -0.25) is 0 Å². The molecule has 2 rings (SSSR count). The van der Waals surface area contributed by atoms with Crippen molar-refractivity contribution in [2.75, 3.05) is 13.2 Å². The van der Waals surface area contributed by atoms with E-state index in [4.69, 9.17) is 32.7 Å². The Morgan fingerprint density at radius 1 is 0.963 bits per heavy atom. The summed E-state index contributed by atoms with van der Waals surface area (Å²) in [7, 11) is 0. The normalized spacial score (nSPS) is 10.4. The fourth-order valence-corrected chi connectivity index (χ4v) is 3.10. The zero-order valence-corrected chi connectivity index (χ0v) is 18.2. The molecule has 0 saturated heterocycles. The molecule has 0 atom stereocenters. The highest BCUT2D eigenvalue weighted by atomic mass is 35.5. The van der Waals surface area contributed by atoms with Gasteiger partial charge in [0, 0.05) is 17.1 Å². The Morgan fingerprint density at radius 2 is 1.74 bits per heavy atom. The van der Waals surface area contributed by atoms with E-state index in [9.17, 15) is 0 Å². The average Bonchev–Trinajstić information content (AvgIpc) is 2.62. The largest absolute Gasteiger partial charge is 0.490 e. The molecular weight excluding hydrogens is 405 g/mol. The van der Waals surface area contributed by atoms with Crippen LogP contribution in [0.25, 0.3) is 0 Å². The van der Waals surface area contributed by atoms with E-state index in [1.54, 1.807) is 0 Å². The van der Waals surface area contributed by atoms with E-state index in [1.807, 2.05) is 43.3 Å². The van der Waals surface area contributed by atoms with Crippen LogP contribution in [-0.4, -0.2) is 13.2 Å². The Bertz CT molecular complexity index is 695. The van der Waals surface area contributed by atoms with Crippen LogP contribution in [0.3, 0.4) is 0 Å². The van der Waals surface area contributed by atoms with Crippen molar-refractivity contribution in [2.24, 2.45) is 0 Å². The monoisotopic (exact) mass is 431 g/mol. The number of hydrogen-bond donors (Lipinski definition) is 1. The zero-order valence-electron chi connectivity index (χ0n) is 15.9. The highest BCUT2D eigenvalue weighted by Gasteiger charge is 2.13. The van der Waals surface area contributed by atoms with Crippen LogP contribution in [0.2, 0.25) is 10.0 Å². The van der Waals surface area contributed by atoms with Gasteiger partial charge in [-0.25, -0.2) is 0 Å². The Hall–Kier alpha value is -1.13. The van der Waals surface area contributed by atoms with E-state index in [2.05, 4.69) is 12.2 Å². The first-order chi connectivity index (χ1) is 12.7. The fraction of sp³-hybridized carbons (Fsp3) is 0.429. The summed E-state index contributed by atoms with van der Waals surface area (Å²) in [4.78, 5) is 0. The van der Waals surface area contributed by atoms with Crippen molar-refractivity contribution in [2.45, 2.75) is 46.3 Å². The van der Waals surface area contributed by atoms with Crippen LogP contribution < -0.4 is 14.8 Å². The molecule has 0 bridgehead atoms. The van der Waals surface area contributed by atoms with Crippen LogP contribution in [0.15, 0.2) is 36.4 Å². The molecule has 0 aliphatic rings. The Morgan fingerprint density at radius 3 is 2.44 bits per heavy atom. The lowest BCUT2D eigenvalue weighted by atomic mass is 10.2. The van der Waals surface area contributed by atoms with Gasteiger partial charge in [0.05, 0.1) is 11.6 Å². The van der Waals surface area contributed by atoms with Gasteiger partial charge in [0.15, 0.2) is 11.5 Å². The lowest BCUT2D eigenvalue weighted by molar-refractivity contribution is 0.269. The van der Waals surface area contributed by atoms with E-state index in [0.29, 0.717) is 34.8 Å². The summed E-state index contributed by atoms with van der Waals surface area (Å²) in [6.07, 6.45) is 3.65. The Labute approximate surface area is 178 Å². The number of halogens is 3. The summed E-state index contributed by atoms with van der Waals surface area (Å²) in [5.41, 5.74) is 1.99. The van der Waals surface area contributed by atoms with Crippen LogP contribution in [0.4, 0.5) is 0 Å². The molecule has 0 unspecified atom stereocenters. The summed E-state index contributed by atoms with van der Waals surface area (Å²) >= 11 is 12.7. The predicted octanol–water partition coefficient (Wildman–Crippen LogP) is 6.67. The highest BCUT2D eigenvalue weighted by Crippen LogP contribution is 2.37. The van der Waals surface area contributed by atoms with Crippen molar-refractivity contribution in [1.29, 1.82) is 0 Å². The zero-order chi connectivity index (χ0) is 18.8. The molecule has 0 aliphatic heterocycles. The molecule has 150 valence electrons. The molecule has 0 saturated carbocycles. The summed E-state index contributed by atoms with van der Waals surface area (Å²) in [6.45, 7) is 6.80. The first kappa shape index (κ1) is 23.9. The second-order valence-corrected chi connectivity index (χ2v) is 6.92. The highest BCUT2D eigenvalue weighted by molar-refractivity contribution is 6.32. The van der Waals surface area contributed by atoms with E-state index in [0.717, 1.165) is 24.2 Å². The van der Waals surface area contributed by atoms with Crippen molar-refractivity contribution in [3.63, 3.8) is 0 Å². The van der Waals surface area contributed by atoms with Crippen molar-refractivity contribution in [3.05, 3.63) is 57.6 Å². The van der Waals surface area contributed by atoms with Gasteiger partial charge in [-0.05, 0) is 43.7 Å². The van der Waals surface area contributed by atoms with Gasteiger partial charge >= 0.3 is 0 Å². The number of nitrogens with one attached hydrogen (secondary N) is 1. The lowest BCUT2D eigenvalue weighted by Gasteiger charge is -2.16. The van der Waals surface area contributed by atoms with E-state index in [1.165, 1.54) is 19.3 Å². The predicted molar refractivity (Wildman–Crippen MR) is 117 cm³/mol. The lowest BCUT2D eigenvalue weighted by Crippen LogP contribution is -2.14. The van der Waals surface area contributed by atoms with Gasteiger partial charge in [0.2, 0.25) is 0 Å². The Kier molecular flexibility index (Phi) is 11.6. The molecule has 27 heavy (non-hydrogen) atoms. The number of benzene rings is 2. The summed E-state index contributed by atoms with van der Waals surface area (Å²) in [6, 6.07) is 11.5. The summed E-state index contributed by atoms with van der Waals surface area (Å²) < 4.78 is 11.7. The standard InChI is InChI=1S/C21H27Cl2NO2.ClH/c1-3-5-8-11-24-14-16-12-19(23)21(20(13-16)25-4-2)26-15-17-9-6-7-10-18(17)22;/h6-7,9-10,12-13,24H,3-5,8,11,14-15H2,1-2H3;1H. The first-order valence-electron chi connectivity index (χ1n) is 9.17. The molecule has 1 N–H and O–H groups in total. The molecule has 0 radical (unpaired) electrons. The molecule has 0 amide bonds. The molecule has 0 aromatic heterocycles. The van der Waals surface area contributed by atoms with Crippen molar-refractivity contribution in [3.8, 4) is 11.5 Å². The number of hydrogen-bond acceptors (Lipinski definition) is 3. The molecule has 0 heterocycles. The number of ether oxygens (including phenoxy) is 2. The van der Waals surface area contributed by atoms with Crippen molar-refractivity contribution in [1.82, 2.24) is 5.32 Å². The first-order valence-corrected chi connectivity index (χ1v) is 9.93. The van der Waals surface area contributed by atoms with Crippen LogP contribution in [0.1, 0.15) is 44.2 Å². The van der Waals surface area contributed by atoms with E-state index in [-0.39, 0.29) is 12.4 Å².